The van der Waals surface area contributed by atoms with E-state index in [4.69, 9.17) is 4.98 Å². The summed E-state index contributed by atoms with van der Waals surface area (Å²) >= 11 is 2.00. The Bertz CT molecular complexity index is 625. The standard InChI is InChI=1S/C21H33N3S/c1-6-9-10-19-18-15-25-21(4,5)13-16(18)17(14-22)20(23-19)24(11-7-2)12-8-3/h6-13,15H2,1-5H3. The van der Waals surface area contributed by atoms with Crippen LogP contribution in [0.25, 0.3) is 0 Å². The lowest BCUT2D eigenvalue weighted by atomic mass is 9.91. The lowest BCUT2D eigenvalue weighted by Crippen LogP contribution is -2.31. The highest BCUT2D eigenvalue weighted by Gasteiger charge is 2.32. The van der Waals surface area contributed by atoms with E-state index in [9.17, 15) is 5.26 Å². The number of anilines is 1. The predicted octanol–water partition coefficient (Wildman–Crippen LogP) is 5.49. The van der Waals surface area contributed by atoms with Gasteiger partial charge in [0.2, 0.25) is 0 Å². The predicted molar refractivity (Wildman–Crippen MR) is 109 cm³/mol. The number of fused-ring (bicyclic) bond motifs is 1. The van der Waals surface area contributed by atoms with Crippen molar-refractivity contribution >= 4 is 17.6 Å². The summed E-state index contributed by atoms with van der Waals surface area (Å²) < 4.78 is 0.194. The van der Waals surface area contributed by atoms with E-state index in [0.29, 0.717) is 0 Å². The molecule has 138 valence electrons. The first-order chi connectivity index (χ1) is 12.0. The highest BCUT2D eigenvalue weighted by Crippen LogP contribution is 2.42. The largest absolute Gasteiger partial charge is 0.356 e. The molecule has 1 aromatic rings. The molecule has 3 nitrogen and oxygen atoms in total. The Hall–Kier alpha value is -1.21. The second-order valence-electron chi connectivity index (χ2n) is 7.64. The third-order valence-corrected chi connectivity index (χ3v) is 6.21. The molecule has 2 rings (SSSR count). The van der Waals surface area contributed by atoms with Crippen molar-refractivity contribution in [2.75, 3.05) is 18.0 Å². The second kappa shape index (κ2) is 8.94. The van der Waals surface area contributed by atoms with E-state index in [-0.39, 0.29) is 4.75 Å². The number of hydrogen-bond acceptors (Lipinski definition) is 4. The maximum Gasteiger partial charge on any atom is 0.147 e. The number of unbranched alkanes of at least 4 members (excludes halogenated alkanes) is 1. The van der Waals surface area contributed by atoms with Crippen LogP contribution in [-0.2, 0) is 18.6 Å². The van der Waals surface area contributed by atoms with E-state index in [0.717, 1.165) is 55.9 Å². The zero-order valence-corrected chi connectivity index (χ0v) is 17.4. The van der Waals surface area contributed by atoms with E-state index in [1.165, 1.54) is 29.7 Å². The minimum Gasteiger partial charge on any atom is -0.356 e. The smallest absolute Gasteiger partial charge is 0.147 e. The van der Waals surface area contributed by atoms with Crippen LogP contribution in [-0.4, -0.2) is 22.8 Å². The Kier molecular flexibility index (Phi) is 7.19. The molecule has 0 saturated carbocycles. The quantitative estimate of drug-likeness (QED) is 0.615. The van der Waals surface area contributed by atoms with E-state index in [1.807, 2.05) is 11.8 Å². The Labute approximate surface area is 158 Å². The van der Waals surface area contributed by atoms with Gasteiger partial charge >= 0.3 is 0 Å². The average Bonchev–Trinajstić information content (AvgIpc) is 2.57. The van der Waals surface area contributed by atoms with Crippen LogP contribution < -0.4 is 4.90 Å². The van der Waals surface area contributed by atoms with E-state index in [2.05, 4.69) is 45.6 Å². The Morgan fingerprint density at radius 3 is 2.36 bits per heavy atom. The molecule has 0 unspecified atom stereocenters. The highest BCUT2D eigenvalue weighted by molar-refractivity contribution is 7.99. The molecular formula is C21H33N3S. The summed E-state index contributed by atoms with van der Waals surface area (Å²) in [6.45, 7) is 13.2. The van der Waals surface area contributed by atoms with Gasteiger partial charge in [0.05, 0.1) is 5.56 Å². The summed E-state index contributed by atoms with van der Waals surface area (Å²) in [6.07, 6.45) is 6.50. The van der Waals surface area contributed by atoms with Crippen LogP contribution in [0.1, 0.15) is 82.7 Å². The van der Waals surface area contributed by atoms with Gasteiger partial charge in [-0.1, -0.05) is 41.0 Å². The number of nitriles is 1. The first-order valence-electron chi connectivity index (χ1n) is 9.81. The molecule has 1 aliphatic heterocycles. The molecule has 0 atom stereocenters. The molecule has 0 spiro atoms. The molecule has 0 aliphatic carbocycles. The molecule has 0 saturated heterocycles. The fourth-order valence-corrected chi connectivity index (χ4v) is 4.70. The molecule has 1 aliphatic rings. The highest BCUT2D eigenvalue weighted by atomic mass is 32.2. The average molecular weight is 360 g/mol. The summed E-state index contributed by atoms with van der Waals surface area (Å²) in [5.74, 6) is 1.93. The van der Waals surface area contributed by atoms with Crippen molar-refractivity contribution in [2.45, 2.75) is 83.6 Å². The number of aryl methyl sites for hydroxylation is 1. The molecule has 4 heteroatoms. The molecule has 0 bridgehead atoms. The fraction of sp³-hybridized carbons (Fsp3) is 0.714. The Morgan fingerprint density at radius 2 is 1.80 bits per heavy atom. The molecule has 25 heavy (non-hydrogen) atoms. The van der Waals surface area contributed by atoms with Crippen LogP contribution in [0.2, 0.25) is 0 Å². The maximum absolute atomic E-state index is 9.97. The molecule has 1 aromatic heterocycles. The topological polar surface area (TPSA) is 39.9 Å². The normalized spacial score (nSPS) is 15.5. The van der Waals surface area contributed by atoms with Crippen LogP contribution >= 0.6 is 11.8 Å². The van der Waals surface area contributed by atoms with Gasteiger partial charge in [-0.3, -0.25) is 0 Å². The van der Waals surface area contributed by atoms with Crippen molar-refractivity contribution in [3.63, 3.8) is 0 Å². The molecular weight excluding hydrogens is 326 g/mol. The lowest BCUT2D eigenvalue weighted by Gasteiger charge is -2.34. The number of aromatic nitrogens is 1. The van der Waals surface area contributed by atoms with Gasteiger partial charge in [-0.15, -0.1) is 0 Å². The maximum atomic E-state index is 9.97. The van der Waals surface area contributed by atoms with Crippen molar-refractivity contribution in [1.82, 2.24) is 4.98 Å². The number of nitrogens with zero attached hydrogens (tertiary/aromatic N) is 3. The van der Waals surface area contributed by atoms with Gasteiger partial charge in [0.1, 0.15) is 11.9 Å². The Balaban J connectivity index is 2.60. The van der Waals surface area contributed by atoms with Gasteiger partial charge in [-0.25, -0.2) is 4.98 Å². The van der Waals surface area contributed by atoms with Crippen molar-refractivity contribution in [3.8, 4) is 6.07 Å². The second-order valence-corrected chi connectivity index (χ2v) is 9.32. The van der Waals surface area contributed by atoms with E-state index >= 15 is 0 Å². The number of thioether (sulfide) groups is 1. The van der Waals surface area contributed by atoms with Crippen LogP contribution in [0.3, 0.4) is 0 Å². The molecule has 2 heterocycles. The Morgan fingerprint density at radius 1 is 1.12 bits per heavy atom. The monoisotopic (exact) mass is 359 g/mol. The summed E-state index contributed by atoms with van der Waals surface area (Å²) in [4.78, 5) is 7.41. The minimum atomic E-state index is 0.194. The number of hydrogen-bond donors (Lipinski definition) is 0. The van der Waals surface area contributed by atoms with Gasteiger partial charge in [0.25, 0.3) is 0 Å². The van der Waals surface area contributed by atoms with Crippen LogP contribution in [0.5, 0.6) is 0 Å². The van der Waals surface area contributed by atoms with E-state index < -0.39 is 0 Å². The summed E-state index contributed by atoms with van der Waals surface area (Å²) in [7, 11) is 0. The first-order valence-corrected chi connectivity index (χ1v) is 10.8. The van der Waals surface area contributed by atoms with Crippen LogP contribution in [0.4, 0.5) is 5.82 Å². The van der Waals surface area contributed by atoms with Gasteiger partial charge in [0, 0.05) is 29.3 Å². The summed E-state index contributed by atoms with van der Waals surface area (Å²) in [6, 6.07) is 2.53. The molecule has 0 amide bonds. The van der Waals surface area contributed by atoms with Gasteiger partial charge in [0.15, 0.2) is 0 Å². The zero-order valence-electron chi connectivity index (χ0n) is 16.6. The zero-order chi connectivity index (χ0) is 18.4. The van der Waals surface area contributed by atoms with E-state index in [1.54, 1.807) is 0 Å². The van der Waals surface area contributed by atoms with Gasteiger partial charge in [-0.2, -0.15) is 17.0 Å². The molecule has 0 fully saturated rings. The van der Waals surface area contributed by atoms with Gasteiger partial charge in [-0.05, 0) is 43.2 Å². The minimum absolute atomic E-state index is 0.194. The number of pyridine rings is 1. The SMILES string of the molecule is CCCCc1nc(N(CCC)CCC)c(C#N)c2c1CSC(C)(C)C2. The summed E-state index contributed by atoms with van der Waals surface area (Å²) in [5.41, 5.74) is 4.71. The molecule has 0 radical (unpaired) electrons. The van der Waals surface area contributed by atoms with Crippen molar-refractivity contribution in [1.29, 1.82) is 5.26 Å². The first kappa shape index (κ1) is 20.1. The van der Waals surface area contributed by atoms with Crippen molar-refractivity contribution in [2.24, 2.45) is 0 Å². The van der Waals surface area contributed by atoms with Gasteiger partial charge < -0.3 is 4.90 Å². The summed E-state index contributed by atoms with van der Waals surface area (Å²) in [5, 5.41) is 9.97. The molecule has 0 N–H and O–H groups in total. The lowest BCUT2D eigenvalue weighted by molar-refractivity contribution is 0.675. The van der Waals surface area contributed by atoms with Crippen molar-refractivity contribution in [3.05, 3.63) is 22.4 Å². The third-order valence-electron chi connectivity index (χ3n) is 4.85. The third kappa shape index (κ3) is 4.70. The van der Waals surface area contributed by atoms with Crippen molar-refractivity contribution < 1.29 is 0 Å². The van der Waals surface area contributed by atoms with Crippen LogP contribution in [0.15, 0.2) is 0 Å². The molecule has 0 aromatic carbocycles. The van der Waals surface area contributed by atoms with Crippen LogP contribution in [0, 0.1) is 11.3 Å². The fourth-order valence-electron chi connectivity index (χ4n) is 3.58. The number of rotatable bonds is 8.